The van der Waals surface area contributed by atoms with Crippen molar-refractivity contribution in [2.75, 3.05) is 20.8 Å². The first-order chi connectivity index (χ1) is 18.1. The second-order valence-electron chi connectivity index (χ2n) is 8.22. The number of para-hydroxylation sites is 1. The van der Waals surface area contributed by atoms with E-state index in [1.807, 2.05) is 77.6 Å². The maximum atomic E-state index is 13.4. The van der Waals surface area contributed by atoms with Gasteiger partial charge < -0.3 is 9.47 Å². The van der Waals surface area contributed by atoms with Gasteiger partial charge in [-0.25, -0.2) is 4.68 Å². The van der Waals surface area contributed by atoms with Crippen LogP contribution in [0.1, 0.15) is 11.1 Å². The van der Waals surface area contributed by atoms with Crippen LogP contribution in [0.2, 0.25) is 0 Å². The fourth-order valence-corrected chi connectivity index (χ4v) is 5.35. The van der Waals surface area contributed by atoms with E-state index in [4.69, 9.17) is 26.8 Å². The number of aromatic nitrogens is 3. The second kappa shape index (κ2) is 11.0. The maximum absolute atomic E-state index is 13.4. The molecule has 0 atom stereocenters. The van der Waals surface area contributed by atoms with E-state index in [0.29, 0.717) is 33.7 Å². The highest BCUT2D eigenvalue weighted by Gasteiger charge is 2.32. The number of thiocarbonyl (C=S) groups is 1. The zero-order chi connectivity index (χ0) is 25.8. The number of carbonyl (C=O) groups excluding carboxylic acids is 1. The minimum atomic E-state index is -0.108. The largest absolute Gasteiger partial charge is 0.493 e. The smallest absolute Gasteiger partial charge is 0.266 e. The Kier molecular flexibility index (Phi) is 7.34. The Hall–Kier alpha value is -3.95. The molecule has 37 heavy (non-hydrogen) atoms. The van der Waals surface area contributed by atoms with Crippen molar-refractivity contribution in [1.82, 2.24) is 19.7 Å². The summed E-state index contributed by atoms with van der Waals surface area (Å²) in [6.07, 6.45) is 7.90. The Morgan fingerprint density at radius 3 is 2.49 bits per heavy atom. The summed E-state index contributed by atoms with van der Waals surface area (Å²) in [5, 5.41) is 4.82. The van der Waals surface area contributed by atoms with Crippen molar-refractivity contribution in [3.8, 4) is 28.4 Å². The van der Waals surface area contributed by atoms with Gasteiger partial charge in [-0.3, -0.25) is 14.7 Å². The summed E-state index contributed by atoms with van der Waals surface area (Å²) >= 11 is 6.89. The summed E-state index contributed by atoms with van der Waals surface area (Å²) in [5.74, 6) is 1.22. The molecule has 3 heterocycles. The molecule has 1 fully saturated rings. The molecule has 0 radical (unpaired) electrons. The summed E-state index contributed by atoms with van der Waals surface area (Å²) in [6, 6.07) is 19.4. The average Bonchev–Trinajstić information content (AvgIpc) is 3.48. The molecule has 0 saturated carbocycles. The molecule has 1 saturated heterocycles. The molecule has 0 spiro atoms. The van der Waals surface area contributed by atoms with E-state index in [0.717, 1.165) is 28.1 Å². The Morgan fingerprint density at radius 2 is 1.76 bits per heavy atom. The van der Waals surface area contributed by atoms with E-state index in [1.165, 1.54) is 11.8 Å². The minimum Gasteiger partial charge on any atom is -0.493 e. The first-order valence-corrected chi connectivity index (χ1v) is 12.8. The van der Waals surface area contributed by atoms with Crippen molar-refractivity contribution < 1.29 is 14.3 Å². The van der Waals surface area contributed by atoms with Crippen LogP contribution in [-0.4, -0.2) is 50.7 Å². The van der Waals surface area contributed by atoms with Crippen molar-refractivity contribution in [3.63, 3.8) is 0 Å². The molecule has 7 nitrogen and oxygen atoms in total. The summed E-state index contributed by atoms with van der Waals surface area (Å²) < 4.78 is 13.1. The number of thioether (sulfide) groups is 1. The van der Waals surface area contributed by atoms with Gasteiger partial charge >= 0.3 is 0 Å². The topological polar surface area (TPSA) is 69.5 Å². The Balaban J connectivity index is 1.41. The fraction of sp³-hybridized carbons (Fsp3) is 0.143. The summed E-state index contributed by atoms with van der Waals surface area (Å²) in [5.41, 5.74) is 4.47. The highest BCUT2D eigenvalue weighted by molar-refractivity contribution is 8.26. The molecule has 1 aliphatic rings. The molecule has 4 aromatic rings. The van der Waals surface area contributed by atoms with Gasteiger partial charge in [0, 0.05) is 36.3 Å². The van der Waals surface area contributed by atoms with Gasteiger partial charge in [0.15, 0.2) is 11.5 Å². The van der Waals surface area contributed by atoms with Crippen molar-refractivity contribution in [3.05, 3.63) is 95.3 Å². The molecule has 2 aromatic heterocycles. The van der Waals surface area contributed by atoms with E-state index >= 15 is 0 Å². The average molecular weight is 529 g/mol. The lowest BCUT2D eigenvalue weighted by atomic mass is 10.1. The number of ether oxygens (including phenoxy) is 2. The number of hydrogen-bond acceptors (Lipinski definition) is 7. The first kappa shape index (κ1) is 24.7. The predicted molar refractivity (Wildman–Crippen MR) is 150 cm³/mol. The molecular weight excluding hydrogens is 504 g/mol. The van der Waals surface area contributed by atoms with E-state index in [2.05, 4.69) is 4.98 Å². The zero-order valence-electron chi connectivity index (χ0n) is 20.3. The Morgan fingerprint density at radius 1 is 1.00 bits per heavy atom. The Labute approximate surface area is 224 Å². The lowest BCUT2D eigenvalue weighted by molar-refractivity contribution is -0.122. The van der Waals surface area contributed by atoms with Crippen LogP contribution < -0.4 is 9.47 Å². The van der Waals surface area contributed by atoms with Crippen molar-refractivity contribution in [1.29, 1.82) is 0 Å². The minimum absolute atomic E-state index is 0.108. The molecule has 0 N–H and O–H groups in total. The van der Waals surface area contributed by atoms with Crippen molar-refractivity contribution in [2.45, 2.75) is 6.42 Å². The van der Waals surface area contributed by atoms with Gasteiger partial charge in [-0.15, -0.1) is 0 Å². The summed E-state index contributed by atoms with van der Waals surface area (Å²) in [4.78, 5) is 19.7. The van der Waals surface area contributed by atoms with Crippen LogP contribution in [0.5, 0.6) is 11.5 Å². The van der Waals surface area contributed by atoms with E-state index in [-0.39, 0.29) is 5.91 Å². The number of benzene rings is 2. The van der Waals surface area contributed by atoms with Crippen LogP contribution in [0, 0.1) is 0 Å². The van der Waals surface area contributed by atoms with Gasteiger partial charge in [-0.2, -0.15) is 5.10 Å². The van der Waals surface area contributed by atoms with Gasteiger partial charge in [-0.1, -0.05) is 48.2 Å². The van der Waals surface area contributed by atoms with Crippen LogP contribution in [0.15, 0.2) is 84.2 Å². The Bertz CT molecular complexity index is 1470. The molecule has 1 amide bonds. The van der Waals surface area contributed by atoms with Gasteiger partial charge in [-0.05, 0) is 54.5 Å². The fourth-order valence-electron chi connectivity index (χ4n) is 4.05. The predicted octanol–water partition coefficient (Wildman–Crippen LogP) is 5.40. The third-order valence-electron chi connectivity index (χ3n) is 5.95. The van der Waals surface area contributed by atoms with Crippen LogP contribution in [0.25, 0.3) is 23.0 Å². The first-order valence-electron chi connectivity index (χ1n) is 11.6. The highest BCUT2D eigenvalue weighted by Crippen LogP contribution is 2.35. The molecule has 1 aliphatic heterocycles. The highest BCUT2D eigenvalue weighted by atomic mass is 32.2. The number of carbonyl (C=O) groups is 1. The number of nitrogens with zero attached hydrogens (tertiary/aromatic N) is 4. The van der Waals surface area contributed by atoms with Gasteiger partial charge in [0.2, 0.25) is 0 Å². The van der Waals surface area contributed by atoms with Gasteiger partial charge in [0.1, 0.15) is 10.0 Å². The number of pyridine rings is 1. The number of methoxy groups -OCH3 is 2. The number of hydrogen-bond donors (Lipinski definition) is 0. The molecule has 0 unspecified atom stereocenters. The normalized spacial score (nSPS) is 14.4. The third-order valence-corrected chi connectivity index (χ3v) is 7.33. The van der Waals surface area contributed by atoms with Crippen LogP contribution >= 0.6 is 24.0 Å². The molecule has 0 aliphatic carbocycles. The van der Waals surface area contributed by atoms with Gasteiger partial charge in [0.25, 0.3) is 5.91 Å². The van der Waals surface area contributed by atoms with E-state index in [1.54, 1.807) is 31.5 Å². The molecule has 2 aromatic carbocycles. The zero-order valence-corrected chi connectivity index (χ0v) is 22.0. The van der Waals surface area contributed by atoms with Crippen LogP contribution in [0.4, 0.5) is 0 Å². The third kappa shape index (κ3) is 5.28. The van der Waals surface area contributed by atoms with Crippen molar-refractivity contribution >= 4 is 40.3 Å². The quantitative estimate of drug-likeness (QED) is 0.224. The standard InChI is InChI=1S/C28H24N4O3S2/c1-34-23-9-8-19(16-24(23)35-2)12-15-31-27(33)25(37-28(31)36)17-21-18-32(22-6-4-3-5-7-22)30-26(21)20-10-13-29-14-11-20/h3-11,13-14,16-18H,12,15H2,1-2H3. The van der Waals surface area contributed by atoms with Gasteiger partial charge in [0.05, 0.1) is 24.8 Å². The number of rotatable bonds is 8. The molecule has 5 rings (SSSR count). The SMILES string of the molecule is COc1ccc(CCN2C(=O)C(=Cc3cn(-c4ccccc4)nc3-c3ccncc3)SC2=S)cc1OC. The van der Waals surface area contributed by atoms with Crippen LogP contribution in [-0.2, 0) is 11.2 Å². The van der Waals surface area contributed by atoms with Crippen molar-refractivity contribution in [2.24, 2.45) is 0 Å². The monoisotopic (exact) mass is 528 g/mol. The molecule has 186 valence electrons. The lowest BCUT2D eigenvalue weighted by Gasteiger charge is -2.15. The van der Waals surface area contributed by atoms with E-state index in [9.17, 15) is 4.79 Å². The molecule has 9 heteroatoms. The summed E-state index contributed by atoms with van der Waals surface area (Å²) in [6.45, 7) is 0.470. The summed E-state index contributed by atoms with van der Waals surface area (Å²) in [7, 11) is 3.21. The van der Waals surface area contributed by atoms with E-state index < -0.39 is 0 Å². The lowest BCUT2D eigenvalue weighted by Crippen LogP contribution is -2.30. The van der Waals surface area contributed by atoms with Crippen LogP contribution in [0.3, 0.4) is 0 Å². The number of amides is 1. The molecular formula is C28H24N4O3S2. The second-order valence-corrected chi connectivity index (χ2v) is 9.90. The maximum Gasteiger partial charge on any atom is 0.266 e. The molecule has 0 bridgehead atoms.